The molecule has 0 aliphatic heterocycles. The van der Waals surface area contributed by atoms with E-state index < -0.39 is 5.91 Å². The quantitative estimate of drug-likeness (QED) is 0.800. The number of ketones is 1. The first-order valence-corrected chi connectivity index (χ1v) is 7.01. The van der Waals surface area contributed by atoms with Crippen LogP contribution < -0.4 is 5.32 Å². The van der Waals surface area contributed by atoms with Gasteiger partial charge in [0.25, 0.3) is 5.91 Å². The van der Waals surface area contributed by atoms with E-state index in [-0.39, 0.29) is 18.0 Å². The normalized spacial score (nSPS) is 10.7. The first-order valence-electron chi connectivity index (χ1n) is 6.24. The Morgan fingerprint density at radius 2 is 2.14 bits per heavy atom. The van der Waals surface area contributed by atoms with Gasteiger partial charge in [0, 0.05) is 16.9 Å². The number of carbonyl (C=O) groups excluding carboxylic acids is 2. The van der Waals surface area contributed by atoms with Crippen molar-refractivity contribution in [3.05, 3.63) is 41.9 Å². The van der Waals surface area contributed by atoms with Gasteiger partial charge in [0.1, 0.15) is 11.4 Å². The Morgan fingerprint density at radius 3 is 2.90 bits per heavy atom. The molecule has 3 aromatic rings. The van der Waals surface area contributed by atoms with Crippen LogP contribution in [-0.4, -0.2) is 21.0 Å². The first kappa shape index (κ1) is 13.4. The smallest absolute Gasteiger partial charge is 0.293 e. The zero-order valence-electron chi connectivity index (χ0n) is 11.1. The van der Waals surface area contributed by atoms with Crippen LogP contribution in [0.3, 0.4) is 0 Å². The first-order chi connectivity index (χ1) is 10.1. The fourth-order valence-corrected chi connectivity index (χ4v) is 2.43. The van der Waals surface area contributed by atoms with Crippen LogP contribution in [0, 0.1) is 0 Å². The number of hydrogen-bond acceptors (Lipinski definition) is 6. The molecule has 0 bridgehead atoms. The van der Waals surface area contributed by atoms with Gasteiger partial charge >= 0.3 is 0 Å². The molecule has 1 N–H and O–H groups in total. The van der Waals surface area contributed by atoms with E-state index >= 15 is 0 Å². The van der Waals surface area contributed by atoms with Crippen molar-refractivity contribution in [1.29, 1.82) is 0 Å². The molecule has 0 saturated carbocycles. The van der Waals surface area contributed by atoms with Gasteiger partial charge in [-0.1, -0.05) is 18.2 Å². The molecule has 7 heteroatoms. The highest BCUT2D eigenvalue weighted by Gasteiger charge is 2.15. The zero-order valence-corrected chi connectivity index (χ0v) is 11.9. The van der Waals surface area contributed by atoms with Crippen LogP contribution in [0.4, 0.5) is 5.13 Å². The van der Waals surface area contributed by atoms with E-state index in [9.17, 15) is 9.59 Å². The lowest BCUT2D eigenvalue weighted by Crippen LogP contribution is -2.10. The molecule has 0 atom stereocenters. The summed E-state index contributed by atoms with van der Waals surface area (Å²) in [6.07, 6.45) is 0.164. The Morgan fingerprint density at radius 1 is 1.33 bits per heavy atom. The molecule has 21 heavy (non-hydrogen) atoms. The fourth-order valence-electron chi connectivity index (χ4n) is 1.85. The molecule has 2 heterocycles. The molecule has 2 aromatic heterocycles. The largest absolute Gasteiger partial charge is 0.451 e. The number of rotatable bonds is 4. The van der Waals surface area contributed by atoms with E-state index in [0.29, 0.717) is 16.5 Å². The summed E-state index contributed by atoms with van der Waals surface area (Å²) in [5.74, 6) is 0.201. The predicted molar refractivity (Wildman–Crippen MR) is 78.5 cm³/mol. The van der Waals surface area contributed by atoms with Crippen molar-refractivity contribution in [2.24, 2.45) is 0 Å². The average Bonchev–Trinajstić information content (AvgIpc) is 3.04. The van der Waals surface area contributed by atoms with Crippen LogP contribution in [0.25, 0.3) is 11.0 Å². The van der Waals surface area contributed by atoms with Crippen LogP contribution in [0.1, 0.15) is 23.3 Å². The van der Waals surface area contributed by atoms with Gasteiger partial charge in [-0.3, -0.25) is 14.9 Å². The number of hydrogen-bond donors (Lipinski definition) is 1. The lowest BCUT2D eigenvalue weighted by molar-refractivity contribution is -0.116. The molecule has 0 fully saturated rings. The highest BCUT2D eigenvalue weighted by Crippen LogP contribution is 2.20. The maximum absolute atomic E-state index is 12.1. The number of nitrogens with zero attached hydrogens (tertiary/aromatic N) is 2. The lowest BCUT2D eigenvalue weighted by atomic mass is 10.2. The van der Waals surface area contributed by atoms with E-state index in [1.165, 1.54) is 6.92 Å². The SMILES string of the molecule is CC(=O)Cc1nsc(NC(=O)c2cc3ccccc3o2)n1. The average molecular weight is 301 g/mol. The van der Waals surface area contributed by atoms with Gasteiger partial charge in [-0.2, -0.15) is 4.37 Å². The van der Waals surface area contributed by atoms with Crippen molar-refractivity contribution >= 4 is 39.3 Å². The van der Waals surface area contributed by atoms with Gasteiger partial charge in [0.2, 0.25) is 5.13 Å². The van der Waals surface area contributed by atoms with E-state index in [2.05, 4.69) is 14.7 Å². The van der Waals surface area contributed by atoms with Crippen LogP contribution in [-0.2, 0) is 11.2 Å². The second kappa shape index (κ2) is 5.45. The third-order valence-electron chi connectivity index (χ3n) is 2.74. The van der Waals surface area contributed by atoms with Crippen LogP contribution >= 0.6 is 11.5 Å². The van der Waals surface area contributed by atoms with Crippen LogP contribution in [0.2, 0.25) is 0 Å². The van der Waals surface area contributed by atoms with E-state index in [4.69, 9.17) is 4.42 Å². The van der Waals surface area contributed by atoms with Gasteiger partial charge in [0.05, 0.1) is 6.42 Å². The van der Waals surface area contributed by atoms with Crippen LogP contribution in [0.5, 0.6) is 0 Å². The number of carbonyl (C=O) groups is 2. The van der Waals surface area contributed by atoms with Gasteiger partial charge in [0.15, 0.2) is 11.6 Å². The number of amides is 1. The third-order valence-corrected chi connectivity index (χ3v) is 3.41. The van der Waals surface area contributed by atoms with Gasteiger partial charge in [-0.15, -0.1) is 0 Å². The molecular formula is C14H11N3O3S. The topological polar surface area (TPSA) is 85.1 Å². The standard InChI is InChI=1S/C14H11N3O3S/c1-8(18)6-12-15-14(21-17-12)16-13(19)11-7-9-4-2-3-5-10(9)20-11/h2-5,7H,6H2,1H3,(H,15,16,17,19). The number of nitrogens with one attached hydrogen (secondary N) is 1. The van der Waals surface area contributed by atoms with Crippen molar-refractivity contribution in [3.63, 3.8) is 0 Å². The number of anilines is 1. The number of benzene rings is 1. The highest BCUT2D eigenvalue weighted by molar-refractivity contribution is 7.09. The molecule has 0 spiro atoms. The van der Waals surface area contributed by atoms with Crippen molar-refractivity contribution < 1.29 is 14.0 Å². The highest BCUT2D eigenvalue weighted by atomic mass is 32.1. The summed E-state index contributed by atoms with van der Waals surface area (Å²) in [5.41, 5.74) is 0.650. The molecule has 1 aromatic carbocycles. The molecule has 0 radical (unpaired) electrons. The molecule has 0 aliphatic rings. The Bertz CT molecular complexity index is 789. The Labute approximate surface area is 124 Å². The molecule has 0 aliphatic carbocycles. The molecule has 106 valence electrons. The maximum Gasteiger partial charge on any atom is 0.293 e. The summed E-state index contributed by atoms with van der Waals surface area (Å²) in [6, 6.07) is 9.04. The lowest BCUT2D eigenvalue weighted by Gasteiger charge is -1.96. The van der Waals surface area contributed by atoms with E-state index in [1.54, 1.807) is 12.1 Å². The van der Waals surface area contributed by atoms with E-state index in [0.717, 1.165) is 16.9 Å². The van der Waals surface area contributed by atoms with Crippen molar-refractivity contribution in [3.8, 4) is 0 Å². The number of Topliss-reactive ketones (excluding diaryl/α,β-unsaturated/α-hetero) is 1. The fraction of sp³-hybridized carbons (Fsp3) is 0.143. The summed E-state index contributed by atoms with van der Waals surface area (Å²) in [4.78, 5) is 27.2. The second-order valence-corrected chi connectivity index (χ2v) is 5.25. The summed E-state index contributed by atoms with van der Waals surface area (Å²) in [7, 11) is 0. The van der Waals surface area contributed by atoms with Gasteiger partial charge in [-0.25, -0.2) is 4.98 Å². The molecule has 6 nitrogen and oxygen atoms in total. The van der Waals surface area contributed by atoms with Gasteiger partial charge < -0.3 is 4.42 Å². The minimum atomic E-state index is -0.392. The minimum Gasteiger partial charge on any atom is -0.451 e. The molecule has 1 amide bonds. The van der Waals surface area contributed by atoms with Crippen molar-refractivity contribution in [2.45, 2.75) is 13.3 Å². The monoisotopic (exact) mass is 301 g/mol. The molecule has 0 saturated heterocycles. The summed E-state index contributed by atoms with van der Waals surface area (Å²) in [5, 5.41) is 3.82. The van der Waals surface area contributed by atoms with Crippen molar-refractivity contribution in [1.82, 2.24) is 9.36 Å². The number of aromatic nitrogens is 2. The Hall–Kier alpha value is -2.54. The third kappa shape index (κ3) is 2.97. The molecule has 3 rings (SSSR count). The Kier molecular flexibility index (Phi) is 3.49. The number of fused-ring (bicyclic) bond motifs is 1. The van der Waals surface area contributed by atoms with Crippen molar-refractivity contribution in [2.75, 3.05) is 5.32 Å². The van der Waals surface area contributed by atoms with E-state index in [1.807, 2.05) is 18.2 Å². The number of furan rings is 1. The van der Waals surface area contributed by atoms with Gasteiger partial charge in [-0.05, 0) is 19.1 Å². The van der Waals surface area contributed by atoms with Crippen LogP contribution in [0.15, 0.2) is 34.7 Å². The maximum atomic E-state index is 12.1. The Balaban J connectivity index is 1.76. The summed E-state index contributed by atoms with van der Waals surface area (Å²) >= 11 is 1.03. The zero-order chi connectivity index (χ0) is 14.8. The summed E-state index contributed by atoms with van der Waals surface area (Å²) in [6.45, 7) is 1.47. The minimum absolute atomic E-state index is 0.0250. The number of para-hydroxylation sites is 1. The summed E-state index contributed by atoms with van der Waals surface area (Å²) < 4.78 is 9.47. The predicted octanol–water partition coefficient (Wildman–Crippen LogP) is 2.67. The molecule has 0 unspecified atom stereocenters. The second-order valence-electron chi connectivity index (χ2n) is 4.50. The molecular weight excluding hydrogens is 290 g/mol.